The summed E-state index contributed by atoms with van der Waals surface area (Å²) >= 11 is 0. The van der Waals surface area contributed by atoms with E-state index in [2.05, 4.69) is 6.58 Å². The van der Waals surface area contributed by atoms with Crippen molar-refractivity contribution in [3.8, 4) is 22.6 Å². The molecule has 4 rings (SSSR count). The van der Waals surface area contributed by atoms with Crippen molar-refractivity contribution in [1.82, 2.24) is 0 Å². The topological polar surface area (TPSA) is 75.0 Å². The molecular formula is C27H22F6O6. The number of hydrogen-bond acceptors (Lipinski definition) is 6. The Morgan fingerprint density at radius 1 is 0.949 bits per heavy atom. The van der Waals surface area contributed by atoms with Crippen molar-refractivity contribution >= 4 is 16.9 Å². The number of halogens is 6. The van der Waals surface area contributed by atoms with E-state index in [9.17, 15) is 35.9 Å². The third-order valence-corrected chi connectivity index (χ3v) is 6.34. The first-order valence-corrected chi connectivity index (χ1v) is 11.6. The van der Waals surface area contributed by atoms with Crippen molar-refractivity contribution in [2.75, 3.05) is 7.11 Å². The summed E-state index contributed by atoms with van der Waals surface area (Å²) in [4.78, 5) is 24.5. The maximum atomic E-state index is 13.8. The molecule has 12 heteroatoms. The molecule has 0 radical (unpaired) electrons. The zero-order chi connectivity index (χ0) is 28.7. The molecule has 1 heterocycles. The van der Waals surface area contributed by atoms with Crippen LogP contribution in [0.25, 0.3) is 22.1 Å². The van der Waals surface area contributed by atoms with Gasteiger partial charge in [-0.3, -0.25) is 0 Å². The van der Waals surface area contributed by atoms with Crippen molar-refractivity contribution in [3.63, 3.8) is 0 Å². The van der Waals surface area contributed by atoms with Crippen molar-refractivity contribution in [2.45, 2.75) is 44.3 Å². The van der Waals surface area contributed by atoms with Crippen molar-refractivity contribution in [2.24, 2.45) is 5.92 Å². The van der Waals surface area contributed by atoms with Crippen LogP contribution in [0.15, 0.2) is 63.8 Å². The Morgan fingerprint density at radius 2 is 1.62 bits per heavy atom. The smallest absolute Gasteiger partial charge is 0.417 e. The molecule has 1 aliphatic rings. The van der Waals surface area contributed by atoms with E-state index >= 15 is 0 Å². The summed E-state index contributed by atoms with van der Waals surface area (Å²) in [6.07, 6.45) is -12.6. The van der Waals surface area contributed by atoms with Gasteiger partial charge in [0.2, 0.25) is 0 Å². The minimum Gasteiger partial charge on any atom is -0.497 e. The molecular weight excluding hydrogens is 534 g/mol. The van der Waals surface area contributed by atoms with E-state index in [1.165, 1.54) is 44.4 Å². The predicted molar refractivity (Wildman–Crippen MR) is 127 cm³/mol. The van der Waals surface area contributed by atoms with Crippen LogP contribution >= 0.6 is 0 Å². The molecule has 1 aliphatic carbocycles. The molecule has 0 bridgehead atoms. The normalized spacial score (nSPS) is 19.6. The van der Waals surface area contributed by atoms with Crippen LogP contribution in [0.2, 0.25) is 0 Å². The number of hydrogen-bond donors (Lipinski definition) is 0. The molecule has 3 aromatic rings. The summed E-state index contributed by atoms with van der Waals surface area (Å²) in [6.45, 7) is 4.69. The number of esters is 1. The Hall–Kier alpha value is -3.96. The van der Waals surface area contributed by atoms with E-state index in [1.54, 1.807) is 0 Å². The standard InChI is InChI=1S/C27H22F6O6/c1-13(2)24(34)38-21-9-8-20(23(21)27(31,32)33)37-16-5-4-14-10-18(25(35)39-22(14)12-16)17-7-6-15(36-3)11-19(17)26(28,29)30/h4-7,10-12,20-21,23H,1,8-9H2,2-3H3. The van der Waals surface area contributed by atoms with Crippen LogP contribution in [0.5, 0.6) is 11.5 Å². The fourth-order valence-corrected chi connectivity index (χ4v) is 4.50. The minimum absolute atomic E-state index is 0.0405. The number of alkyl halides is 6. The summed E-state index contributed by atoms with van der Waals surface area (Å²) in [7, 11) is 1.20. The van der Waals surface area contributed by atoms with Crippen LogP contribution in [-0.4, -0.2) is 31.5 Å². The van der Waals surface area contributed by atoms with Crippen molar-refractivity contribution in [3.05, 3.63) is 70.6 Å². The van der Waals surface area contributed by atoms with Crippen LogP contribution in [0.4, 0.5) is 26.3 Å². The van der Waals surface area contributed by atoms with Gasteiger partial charge in [-0.25, -0.2) is 9.59 Å². The molecule has 0 saturated heterocycles. The van der Waals surface area contributed by atoms with Crippen LogP contribution in [-0.2, 0) is 15.7 Å². The molecule has 3 atom stereocenters. The molecule has 1 aromatic heterocycles. The van der Waals surface area contributed by atoms with Gasteiger partial charge in [-0.1, -0.05) is 6.58 Å². The lowest BCUT2D eigenvalue weighted by Crippen LogP contribution is -2.41. The molecule has 0 N–H and O–H groups in total. The number of ether oxygens (including phenoxy) is 3. The quantitative estimate of drug-likeness (QED) is 0.146. The molecule has 2 aromatic carbocycles. The minimum atomic E-state index is -4.80. The Labute approximate surface area is 217 Å². The summed E-state index contributed by atoms with van der Waals surface area (Å²) in [6, 6.07) is 8.16. The molecule has 1 saturated carbocycles. The average Bonchev–Trinajstić information content (AvgIpc) is 3.25. The average molecular weight is 556 g/mol. The fourth-order valence-electron chi connectivity index (χ4n) is 4.50. The summed E-state index contributed by atoms with van der Waals surface area (Å²) in [5.74, 6) is -3.17. The van der Waals surface area contributed by atoms with Crippen LogP contribution in [0.3, 0.4) is 0 Å². The first kappa shape index (κ1) is 28.1. The Morgan fingerprint density at radius 3 is 2.23 bits per heavy atom. The Bertz CT molecular complexity index is 1470. The van der Waals surface area contributed by atoms with Crippen LogP contribution in [0.1, 0.15) is 25.3 Å². The van der Waals surface area contributed by atoms with Gasteiger partial charge in [0, 0.05) is 22.6 Å². The highest BCUT2D eigenvalue weighted by Crippen LogP contribution is 2.43. The van der Waals surface area contributed by atoms with E-state index in [0.29, 0.717) is 0 Å². The van der Waals surface area contributed by atoms with Gasteiger partial charge in [-0.2, -0.15) is 26.3 Å². The van der Waals surface area contributed by atoms with Gasteiger partial charge in [-0.15, -0.1) is 0 Å². The SMILES string of the molecule is C=C(C)C(=O)OC1CCC(Oc2ccc3cc(-c4ccc(OC)cc4C(F)(F)F)c(=O)oc3c2)C1C(F)(F)F. The van der Waals surface area contributed by atoms with Gasteiger partial charge in [0.15, 0.2) is 0 Å². The highest BCUT2D eigenvalue weighted by molar-refractivity contribution is 5.87. The Balaban J connectivity index is 1.65. The van der Waals surface area contributed by atoms with E-state index in [-0.39, 0.29) is 46.4 Å². The third-order valence-electron chi connectivity index (χ3n) is 6.34. The maximum absolute atomic E-state index is 13.8. The van der Waals surface area contributed by atoms with Crippen molar-refractivity contribution < 1.29 is 49.8 Å². The lowest BCUT2D eigenvalue weighted by molar-refractivity contribution is -0.215. The van der Waals surface area contributed by atoms with Gasteiger partial charge in [0.05, 0.1) is 18.2 Å². The molecule has 0 spiro atoms. The second-order valence-corrected chi connectivity index (χ2v) is 9.08. The fraction of sp³-hybridized carbons (Fsp3) is 0.333. The van der Waals surface area contributed by atoms with Gasteiger partial charge in [-0.05, 0) is 56.2 Å². The molecule has 1 fully saturated rings. The molecule has 0 amide bonds. The molecule has 208 valence electrons. The third kappa shape index (κ3) is 5.89. The highest BCUT2D eigenvalue weighted by atomic mass is 19.4. The Kier molecular flexibility index (Phi) is 7.42. The number of benzene rings is 2. The van der Waals surface area contributed by atoms with Crippen LogP contribution in [0, 0.1) is 5.92 Å². The second-order valence-electron chi connectivity index (χ2n) is 9.08. The number of carbonyl (C=O) groups excluding carboxylic acids is 1. The number of methoxy groups -OCH3 is 1. The largest absolute Gasteiger partial charge is 0.497 e. The van der Waals surface area contributed by atoms with Crippen molar-refractivity contribution in [1.29, 1.82) is 0 Å². The molecule has 3 unspecified atom stereocenters. The van der Waals surface area contributed by atoms with E-state index < -0.39 is 53.2 Å². The zero-order valence-corrected chi connectivity index (χ0v) is 20.6. The van der Waals surface area contributed by atoms with Gasteiger partial charge in [0.1, 0.15) is 35.2 Å². The van der Waals surface area contributed by atoms with Crippen LogP contribution < -0.4 is 15.1 Å². The molecule has 0 aliphatic heterocycles. The summed E-state index contributed by atoms with van der Waals surface area (Å²) in [5.41, 5.74) is -3.11. The number of fused-ring (bicyclic) bond motifs is 1. The van der Waals surface area contributed by atoms with Gasteiger partial charge >= 0.3 is 23.9 Å². The van der Waals surface area contributed by atoms with Gasteiger partial charge in [0.25, 0.3) is 0 Å². The van der Waals surface area contributed by atoms with E-state index in [0.717, 1.165) is 12.1 Å². The summed E-state index contributed by atoms with van der Waals surface area (Å²) in [5, 5.41) is 0.216. The number of carbonyl (C=O) groups is 1. The number of rotatable bonds is 6. The van der Waals surface area contributed by atoms with E-state index in [4.69, 9.17) is 18.6 Å². The molecule has 6 nitrogen and oxygen atoms in total. The zero-order valence-electron chi connectivity index (χ0n) is 20.6. The maximum Gasteiger partial charge on any atom is 0.417 e. The first-order chi connectivity index (χ1) is 18.2. The van der Waals surface area contributed by atoms with Gasteiger partial charge < -0.3 is 18.6 Å². The summed E-state index contributed by atoms with van der Waals surface area (Å²) < 4.78 is 103. The predicted octanol–water partition coefficient (Wildman–Crippen LogP) is 6.70. The lowest BCUT2D eigenvalue weighted by Gasteiger charge is -2.27. The highest BCUT2D eigenvalue weighted by Gasteiger charge is 2.55. The van der Waals surface area contributed by atoms with E-state index in [1.807, 2.05) is 0 Å². The second kappa shape index (κ2) is 10.3. The lowest BCUT2D eigenvalue weighted by atomic mass is 9.99. The monoisotopic (exact) mass is 556 g/mol. The first-order valence-electron chi connectivity index (χ1n) is 11.6. The molecule has 39 heavy (non-hydrogen) atoms.